The lowest BCUT2D eigenvalue weighted by Crippen LogP contribution is -2.09. The fourth-order valence-corrected chi connectivity index (χ4v) is 3.58. The third kappa shape index (κ3) is 2.95. The van der Waals surface area contributed by atoms with E-state index in [1.54, 1.807) is 0 Å². The first-order valence-electron chi connectivity index (χ1n) is 8.21. The van der Waals surface area contributed by atoms with E-state index >= 15 is 0 Å². The van der Waals surface area contributed by atoms with Gasteiger partial charge in [-0.2, -0.15) is 5.26 Å². The predicted octanol–water partition coefficient (Wildman–Crippen LogP) is 4.44. The average Bonchev–Trinajstić information content (AvgIpc) is 2.66. The van der Waals surface area contributed by atoms with E-state index in [0.29, 0.717) is 5.56 Å². The van der Waals surface area contributed by atoms with E-state index in [1.165, 1.54) is 49.9 Å². The third-order valence-corrected chi connectivity index (χ3v) is 4.72. The number of hydrogen-bond acceptors (Lipinski definition) is 2. The summed E-state index contributed by atoms with van der Waals surface area (Å²) in [6, 6.07) is 8.06. The molecule has 0 amide bonds. The molecule has 110 valence electrons. The van der Waals surface area contributed by atoms with E-state index in [0.717, 1.165) is 24.4 Å². The minimum absolute atomic E-state index is 0.698. The molecule has 0 unspecified atom stereocenters. The fourth-order valence-electron chi connectivity index (χ4n) is 3.58. The monoisotopic (exact) mass is 281 g/mol. The average molecular weight is 281 g/mol. The van der Waals surface area contributed by atoms with Gasteiger partial charge in [-0.1, -0.05) is 38.5 Å². The molecule has 1 fully saturated rings. The largest absolute Gasteiger partial charge is 0.328 e. The second-order valence-corrected chi connectivity index (χ2v) is 6.15. The number of imidazole rings is 1. The molecule has 1 aliphatic rings. The minimum Gasteiger partial charge on any atom is -0.328 e. The topological polar surface area (TPSA) is 41.6 Å². The zero-order valence-corrected chi connectivity index (χ0v) is 12.8. The summed E-state index contributed by atoms with van der Waals surface area (Å²) in [4.78, 5) is 4.83. The van der Waals surface area contributed by atoms with Crippen molar-refractivity contribution in [1.29, 1.82) is 5.26 Å². The molecule has 0 spiro atoms. The highest BCUT2D eigenvalue weighted by molar-refractivity contribution is 5.77. The van der Waals surface area contributed by atoms with Crippen molar-refractivity contribution in [1.82, 2.24) is 9.55 Å². The lowest BCUT2D eigenvalue weighted by Gasteiger charge is -2.14. The molecule has 1 aliphatic carbocycles. The second kappa shape index (κ2) is 6.30. The molecule has 2 aromatic rings. The van der Waals surface area contributed by atoms with Crippen LogP contribution in [0.25, 0.3) is 11.0 Å². The number of hydrogen-bond donors (Lipinski definition) is 0. The Morgan fingerprint density at radius 3 is 2.67 bits per heavy atom. The van der Waals surface area contributed by atoms with Crippen molar-refractivity contribution in [2.24, 2.45) is 5.92 Å². The summed E-state index contributed by atoms with van der Waals surface area (Å²) in [6.07, 6.45) is 9.31. The molecule has 3 nitrogen and oxygen atoms in total. The van der Waals surface area contributed by atoms with Crippen molar-refractivity contribution in [3.05, 3.63) is 29.6 Å². The summed E-state index contributed by atoms with van der Waals surface area (Å²) in [7, 11) is 0. The Bertz CT molecular complexity index is 655. The molecule has 0 aliphatic heterocycles. The zero-order valence-electron chi connectivity index (χ0n) is 12.8. The molecule has 3 rings (SSSR count). The van der Waals surface area contributed by atoms with Gasteiger partial charge in [-0.25, -0.2) is 4.98 Å². The molecule has 1 aromatic heterocycles. The van der Waals surface area contributed by atoms with Crippen molar-refractivity contribution in [2.45, 2.75) is 58.4 Å². The van der Waals surface area contributed by atoms with Crippen LogP contribution >= 0.6 is 0 Å². The van der Waals surface area contributed by atoms with E-state index in [-0.39, 0.29) is 0 Å². The van der Waals surface area contributed by atoms with Gasteiger partial charge in [0.25, 0.3) is 0 Å². The smallest absolute Gasteiger partial charge is 0.110 e. The maximum absolute atomic E-state index is 9.04. The standard InChI is InChI=1S/C18H23N3/c1-2-21-17-10-9-15(13-19)11-16(17)20-18(21)12-14-7-5-3-4-6-8-14/h9-11,14H,2-8,12H2,1H3. The Balaban J connectivity index is 1.91. The van der Waals surface area contributed by atoms with Gasteiger partial charge in [-0.3, -0.25) is 0 Å². The van der Waals surface area contributed by atoms with E-state index in [9.17, 15) is 0 Å². The number of rotatable bonds is 3. The van der Waals surface area contributed by atoms with Gasteiger partial charge >= 0.3 is 0 Å². The van der Waals surface area contributed by atoms with Gasteiger partial charge in [-0.05, 0) is 31.0 Å². The van der Waals surface area contributed by atoms with Crippen LogP contribution in [0.15, 0.2) is 18.2 Å². The summed E-state index contributed by atoms with van der Waals surface area (Å²) >= 11 is 0. The fraction of sp³-hybridized carbons (Fsp3) is 0.556. The summed E-state index contributed by atoms with van der Waals surface area (Å²) in [5.74, 6) is 1.99. The van der Waals surface area contributed by atoms with E-state index in [4.69, 9.17) is 10.2 Å². The number of fused-ring (bicyclic) bond motifs is 1. The number of benzene rings is 1. The highest BCUT2D eigenvalue weighted by atomic mass is 15.1. The number of nitriles is 1. The quantitative estimate of drug-likeness (QED) is 0.780. The molecule has 0 bridgehead atoms. The molecular weight excluding hydrogens is 258 g/mol. The first-order valence-corrected chi connectivity index (χ1v) is 8.21. The van der Waals surface area contributed by atoms with Gasteiger partial charge in [-0.15, -0.1) is 0 Å². The van der Waals surface area contributed by atoms with Crippen molar-refractivity contribution in [2.75, 3.05) is 0 Å². The molecule has 0 radical (unpaired) electrons. The van der Waals surface area contributed by atoms with E-state index in [2.05, 4.69) is 17.6 Å². The maximum Gasteiger partial charge on any atom is 0.110 e. The Kier molecular flexibility index (Phi) is 4.24. The molecule has 1 aromatic carbocycles. The summed E-state index contributed by atoms with van der Waals surface area (Å²) in [5, 5.41) is 9.04. The van der Waals surface area contributed by atoms with Crippen molar-refractivity contribution < 1.29 is 0 Å². The molecule has 21 heavy (non-hydrogen) atoms. The molecule has 3 heteroatoms. The third-order valence-electron chi connectivity index (χ3n) is 4.72. The second-order valence-electron chi connectivity index (χ2n) is 6.15. The van der Waals surface area contributed by atoms with Crippen LogP contribution in [0.5, 0.6) is 0 Å². The maximum atomic E-state index is 9.04. The summed E-state index contributed by atoms with van der Waals surface area (Å²) < 4.78 is 2.32. The van der Waals surface area contributed by atoms with Crippen LogP contribution in [0.4, 0.5) is 0 Å². The van der Waals surface area contributed by atoms with Gasteiger partial charge in [0.05, 0.1) is 22.7 Å². The zero-order chi connectivity index (χ0) is 14.7. The summed E-state index contributed by atoms with van der Waals surface area (Å²) in [5.41, 5.74) is 2.84. The minimum atomic E-state index is 0.698. The van der Waals surface area contributed by atoms with Gasteiger partial charge in [0.1, 0.15) is 5.82 Å². The first-order chi connectivity index (χ1) is 10.3. The lowest BCUT2D eigenvalue weighted by molar-refractivity contribution is 0.441. The highest BCUT2D eigenvalue weighted by Gasteiger charge is 2.17. The highest BCUT2D eigenvalue weighted by Crippen LogP contribution is 2.27. The van der Waals surface area contributed by atoms with Crippen LogP contribution in [-0.4, -0.2) is 9.55 Å². The molecule has 0 saturated heterocycles. The van der Waals surface area contributed by atoms with Crippen molar-refractivity contribution >= 4 is 11.0 Å². The van der Waals surface area contributed by atoms with Crippen LogP contribution in [0.1, 0.15) is 56.8 Å². The van der Waals surface area contributed by atoms with Crippen LogP contribution in [0.2, 0.25) is 0 Å². The first kappa shape index (κ1) is 14.1. The normalized spacial score (nSPS) is 16.8. The SMILES string of the molecule is CCn1c(CC2CCCCCC2)nc2cc(C#N)ccc21. The molecular formula is C18H23N3. The van der Waals surface area contributed by atoms with Gasteiger partial charge in [0, 0.05) is 13.0 Å². The molecule has 1 saturated carbocycles. The Hall–Kier alpha value is -1.82. The lowest BCUT2D eigenvalue weighted by atomic mass is 9.96. The Labute approximate surface area is 126 Å². The molecule has 1 heterocycles. The van der Waals surface area contributed by atoms with Crippen LogP contribution in [0, 0.1) is 17.2 Å². The molecule has 0 atom stereocenters. The molecule has 0 N–H and O–H groups in total. The predicted molar refractivity (Wildman–Crippen MR) is 85.0 cm³/mol. The van der Waals surface area contributed by atoms with Crippen LogP contribution < -0.4 is 0 Å². The van der Waals surface area contributed by atoms with Crippen molar-refractivity contribution in [3.8, 4) is 6.07 Å². The van der Waals surface area contributed by atoms with Crippen LogP contribution in [-0.2, 0) is 13.0 Å². The Morgan fingerprint density at radius 2 is 2.00 bits per heavy atom. The van der Waals surface area contributed by atoms with E-state index < -0.39 is 0 Å². The van der Waals surface area contributed by atoms with Gasteiger partial charge < -0.3 is 4.57 Å². The van der Waals surface area contributed by atoms with Crippen molar-refractivity contribution in [3.63, 3.8) is 0 Å². The van der Waals surface area contributed by atoms with Gasteiger partial charge in [0.2, 0.25) is 0 Å². The van der Waals surface area contributed by atoms with Gasteiger partial charge in [0.15, 0.2) is 0 Å². The number of aromatic nitrogens is 2. The summed E-state index contributed by atoms with van der Waals surface area (Å²) in [6.45, 7) is 3.13. The Morgan fingerprint density at radius 1 is 1.24 bits per heavy atom. The number of aryl methyl sites for hydroxylation is 1. The van der Waals surface area contributed by atoms with E-state index in [1.807, 2.05) is 18.2 Å². The number of nitrogens with zero attached hydrogens (tertiary/aromatic N) is 3. The van der Waals surface area contributed by atoms with Crippen LogP contribution in [0.3, 0.4) is 0 Å².